The van der Waals surface area contributed by atoms with Crippen LogP contribution in [0.15, 0.2) is 29.8 Å². The third kappa shape index (κ3) is 2.03. The van der Waals surface area contributed by atoms with E-state index in [9.17, 15) is 13.2 Å². The fourth-order valence-electron chi connectivity index (χ4n) is 2.36. The lowest BCUT2D eigenvalue weighted by molar-refractivity contribution is -0.343. The van der Waals surface area contributed by atoms with Gasteiger partial charge in [0.15, 0.2) is 0 Å². The molecular formula is C12H11F3N2O. The maximum Gasteiger partial charge on any atom is 0.524 e. The van der Waals surface area contributed by atoms with Crippen LogP contribution < -0.4 is 10.6 Å². The molecule has 1 aromatic rings. The summed E-state index contributed by atoms with van der Waals surface area (Å²) in [5.74, 6) is 0. The van der Waals surface area contributed by atoms with Gasteiger partial charge in [-0.05, 0) is 11.6 Å². The molecule has 0 saturated heterocycles. The maximum atomic E-state index is 12.2. The molecule has 2 N–H and O–H groups in total. The van der Waals surface area contributed by atoms with Gasteiger partial charge in [0.1, 0.15) is 6.23 Å². The lowest BCUT2D eigenvalue weighted by Crippen LogP contribution is -2.31. The SMILES string of the molecule is FC(F)(F)OC1CC2=C(N1)c1ccccc1NC2. The molecule has 3 rings (SSSR count). The van der Waals surface area contributed by atoms with Crippen molar-refractivity contribution in [3.63, 3.8) is 0 Å². The number of nitrogens with one attached hydrogen (secondary N) is 2. The Morgan fingerprint density at radius 3 is 2.78 bits per heavy atom. The third-order valence-corrected chi connectivity index (χ3v) is 3.06. The predicted octanol–water partition coefficient (Wildman–Crippen LogP) is 2.68. The summed E-state index contributed by atoms with van der Waals surface area (Å²) in [6, 6.07) is 7.52. The van der Waals surface area contributed by atoms with Crippen molar-refractivity contribution in [2.45, 2.75) is 19.0 Å². The number of ether oxygens (including phenoxy) is 1. The first-order valence-corrected chi connectivity index (χ1v) is 5.59. The monoisotopic (exact) mass is 256 g/mol. The number of benzene rings is 1. The number of halogens is 3. The van der Waals surface area contributed by atoms with Gasteiger partial charge in [-0.25, -0.2) is 0 Å². The van der Waals surface area contributed by atoms with E-state index in [-0.39, 0.29) is 6.42 Å². The highest BCUT2D eigenvalue weighted by atomic mass is 19.4. The molecule has 1 atom stereocenters. The van der Waals surface area contributed by atoms with E-state index in [0.717, 1.165) is 22.5 Å². The summed E-state index contributed by atoms with van der Waals surface area (Å²) in [6.07, 6.45) is -5.39. The molecule has 0 spiro atoms. The average Bonchev–Trinajstić information content (AvgIpc) is 2.69. The lowest BCUT2D eigenvalue weighted by atomic mass is 10.0. The van der Waals surface area contributed by atoms with Crippen LogP contribution in [0.25, 0.3) is 5.70 Å². The number of fused-ring (bicyclic) bond motifs is 2. The van der Waals surface area contributed by atoms with E-state index in [4.69, 9.17) is 0 Å². The fourth-order valence-corrected chi connectivity index (χ4v) is 2.36. The molecule has 0 fully saturated rings. The van der Waals surface area contributed by atoms with Crippen LogP contribution in [-0.2, 0) is 4.74 Å². The molecule has 0 amide bonds. The van der Waals surface area contributed by atoms with Gasteiger partial charge in [-0.2, -0.15) is 0 Å². The molecule has 3 nitrogen and oxygen atoms in total. The highest BCUT2D eigenvalue weighted by molar-refractivity contribution is 5.82. The number of rotatable bonds is 1. The van der Waals surface area contributed by atoms with Gasteiger partial charge < -0.3 is 10.6 Å². The van der Waals surface area contributed by atoms with Gasteiger partial charge in [-0.15, -0.1) is 13.2 Å². The van der Waals surface area contributed by atoms with E-state index < -0.39 is 12.6 Å². The van der Waals surface area contributed by atoms with Gasteiger partial charge in [-0.1, -0.05) is 18.2 Å². The zero-order valence-corrected chi connectivity index (χ0v) is 9.34. The first-order chi connectivity index (χ1) is 8.53. The van der Waals surface area contributed by atoms with Crippen LogP contribution >= 0.6 is 0 Å². The van der Waals surface area contributed by atoms with Crippen molar-refractivity contribution >= 4 is 11.4 Å². The minimum absolute atomic E-state index is 0.246. The van der Waals surface area contributed by atoms with E-state index in [1.54, 1.807) is 0 Å². The average molecular weight is 256 g/mol. The van der Waals surface area contributed by atoms with Crippen molar-refractivity contribution in [2.24, 2.45) is 0 Å². The molecular weight excluding hydrogens is 245 g/mol. The Morgan fingerprint density at radius 2 is 2.00 bits per heavy atom. The Balaban J connectivity index is 1.83. The Hall–Kier alpha value is -1.69. The molecule has 0 saturated carbocycles. The quantitative estimate of drug-likeness (QED) is 0.810. The lowest BCUT2D eigenvalue weighted by Gasteiger charge is -2.20. The summed E-state index contributed by atoms with van der Waals surface area (Å²) in [6.45, 7) is 0.553. The summed E-state index contributed by atoms with van der Waals surface area (Å²) in [4.78, 5) is 0. The van der Waals surface area contributed by atoms with Crippen molar-refractivity contribution in [2.75, 3.05) is 11.9 Å². The maximum absolute atomic E-state index is 12.2. The first-order valence-electron chi connectivity index (χ1n) is 5.59. The minimum Gasteiger partial charge on any atom is -0.381 e. The largest absolute Gasteiger partial charge is 0.524 e. The summed E-state index contributed by atoms with van der Waals surface area (Å²) < 4.78 is 40.6. The molecule has 1 aromatic carbocycles. The number of hydrogen-bond acceptors (Lipinski definition) is 3. The molecule has 0 radical (unpaired) electrons. The van der Waals surface area contributed by atoms with Gasteiger partial charge in [0.25, 0.3) is 0 Å². The summed E-state index contributed by atoms with van der Waals surface area (Å²) >= 11 is 0. The summed E-state index contributed by atoms with van der Waals surface area (Å²) in [5, 5.41) is 5.99. The smallest absolute Gasteiger partial charge is 0.381 e. The predicted molar refractivity (Wildman–Crippen MR) is 60.5 cm³/mol. The van der Waals surface area contributed by atoms with Crippen LogP contribution in [0.3, 0.4) is 0 Å². The van der Waals surface area contributed by atoms with Gasteiger partial charge in [0.2, 0.25) is 0 Å². The van der Waals surface area contributed by atoms with Crippen molar-refractivity contribution in [1.82, 2.24) is 5.32 Å². The van der Waals surface area contributed by atoms with Crippen molar-refractivity contribution < 1.29 is 17.9 Å². The Morgan fingerprint density at radius 1 is 1.22 bits per heavy atom. The highest BCUT2D eigenvalue weighted by Crippen LogP contribution is 2.36. The number of para-hydroxylation sites is 1. The van der Waals surface area contributed by atoms with E-state index in [1.165, 1.54) is 0 Å². The van der Waals surface area contributed by atoms with E-state index in [1.807, 2.05) is 24.3 Å². The van der Waals surface area contributed by atoms with Crippen LogP contribution in [0.1, 0.15) is 12.0 Å². The van der Waals surface area contributed by atoms with E-state index in [2.05, 4.69) is 15.4 Å². The topological polar surface area (TPSA) is 33.3 Å². The van der Waals surface area contributed by atoms with Crippen LogP contribution in [-0.4, -0.2) is 19.1 Å². The molecule has 0 aromatic heterocycles. The highest BCUT2D eigenvalue weighted by Gasteiger charge is 2.38. The van der Waals surface area contributed by atoms with E-state index >= 15 is 0 Å². The van der Waals surface area contributed by atoms with Gasteiger partial charge >= 0.3 is 6.36 Å². The van der Waals surface area contributed by atoms with Gasteiger partial charge in [-0.3, -0.25) is 4.74 Å². The normalized spacial score (nSPS) is 22.1. The van der Waals surface area contributed by atoms with Crippen LogP contribution in [0, 0.1) is 0 Å². The molecule has 96 valence electrons. The molecule has 1 unspecified atom stereocenters. The summed E-state index contributed by atoms with van der Waals surface area (Å²) in [7, 11) is 0. The molecule has 2 aliphatic heterocycles. The van der Waals surface area contributed by atoms with Crippen LogP contribution in [0.4, 0.5) is 18.9 Å². The number of anilines is 1. The number of alkyl halides is 3. The zero-order chi connectivity index (χ0) is 12.8. The Bertz CT molecular complexity index is 510. The third-order valence-electron chi connectivity index (χ3n) is 3.06. The second-order valence-electron chi connectivity index (χ2n) is 4.28. The fraction of sp³-hybridized carbons (Fsp3) is 0.333. The zero-order valence-electron chi connectivity index (χ0n) is 9.34. The van der Waals surface area contributed by atoms with Crippen molar-refractivity contribution in [3.8, 4) is 0 Å². The molecule has 0 bridgehead atoms. The molecule has 2 heterocycles. The molecule has 6 heteroatoms. The molecule has 18 heavy (non-hydrogen) atoms. The first kappa shape index (κ1) is 11.4. The van der Waals surface area contributed by atoms with E-state index in [0.29, 0.717) is 6.54 Å². The van der Waals surface area contributed by atoms with Crippen LogP contribution in [0.2, 0.25) is 0 Å². The second-order valence-corrected chi connectivity index (χ2v) is 4.28. The van der Waals surface area contributed by atoms with Gasteiger partial charge in [0.05, 0.1) is 0 Å². The Kier molecular flexibility index (Phi) is 2.48. The van der Waals surface area contributed by atoms with Crippen LogP contribution in [0.5, 0.6) is 0 Å². The van der Waals surface area contributed by atoms with Crippen molar-refractivity contribution in [1.29, 1.82) is 0 Å². The second kappa shape index (κ2) is 3.91. The van der Waals surface area contributed by atoms with Crippen molar-refractivity contribution in [3.05, 3.63) is 35.4 Å². The molecule has 0 aliphatic carbocycles. The minimum atomic E-state index is -4.61. The Labute approximate surface area is 102 Å². The number of hydrogen-bond donors (Lipinski definition) is 2. The standard InChI is InChI=1S/C12H11F3N2O/c13-12(14,15)18-10-5-7-6-16-9-4-2-1-3-8(9)11(7)17-10/h1-4,10,16-17H,5-6H2. The summed E-state index contributed by atoms with van der Waals surface area (Å²) in [5.41, 5.74) is 3.50. The molecule has 2 aliphatic rings. The van der Waals surface area contributed by atoms with Gasteiger partial charge in [0, 0.05) is 29.9 Å².